The van der Waals surface area contributed by atoms with Crippen molar-refractivity contribution in [3.05, 3.63) is 58.8 Å². The Kier molecular flexibility index (Phi) is 4.28. The van der Waals surface area contributed by atoms with Gasteiger partial charge in [0.05, 0.1) is 11.0 Å². The molecule has 0 aliphatic carbocycles. The van der Waals surface area contributed by atoms with Crippen molar-refractivity contribution >= 4 is 57.3 Å². The molecule has 0 unspecified atom stereocenters. The Bertz CT molecular complexity index is 794. The molecule has 1 radical (unpaired) electrons. The van der Waals surface area contributed by atoms with Crippen LogP contribution in [0, 0.1) is 0 Å². The smallest absolute Gasteiger partial charge is 0.323 e. The van der Waals surface area contributed by atoms with Crippen LogP contribution >= 0.6 is 0 Å². The van der Waals surface area contributed by atoms with Gasteiger partial charge in [0.25, 0.3) is 0 Å². The molecule has 0 amide bonds. The Labute approximate surface area is 136 Å². The quantitative estimate of drug-likeness (QED) is 0.574. The fourth-order valence-electron chi connectivity index (χ4n) is 2.38. The van der Waals surface area contributed by atoms with Crippen LogP contribution in [-0.4, -0.2) is 45.2 Å². The molecule has 0 aliphatic rings. The first-order valence-electron chi connectivity index (χ1n) is 5.90. The minimum absolute atomic E-state index is 0. The Hall–Kier alpha value is -1.62. The normalized spacial score (nSPS) is 10.4. The molecule has 4 nitrogen and oxygen atoms in total. The van der Waals surface area contributed by atoms with Crippen molar-refractivity contribution < 1.29 is 9.90 Å². The van der Waals surface area contributed by atoms with E-state index in [-0.39, 0.29) is 41.5 Å². The molecule has 0 atom stereocenters. The molecule has 3 aromatic rings. The van der Waals surface area contributed by atoms with Gasteiger partial charge in [-0.2, -0.15) is 0 Å². The second-order valence-corrected chi connectivity index (χ2v) is 4.34. The monoisotopic (exact) mass is 276 g/mol. The molecular weight excluding hydrogens is 265 g/mol. The van der Waals surface area contributed by atoms with Crippen molar-refractivity contribution in [2.45, 2.75) is 6.54 Å². The molecule has 95 valence electrons. The van der Waals surface area contributed by atoms with Crippen LogP contribution in [0.15, 0.2) is 53.3 Å². The molecule has 0 fully saturated rings. The van der Waals surface area contributed by atoms with E-state index in [4.69, 9.17) is 5.11 Å². The molecule has 0 saturated carbocycles. The van der Waals surface area contributed by atoms with Gasteiger partial charge in [-0.1, -0.05) is 24.3 Å². The van der Waals surface area contributed by atoms with E-state index in [1.807, 2.05) is 0 Å². The number of carboxylic acids is 1. The zero-order valence-corrected chi connectivity index (χ0v) is 13.0. The van der Waals surface area contributed by atoms with Crippen LogP contribution in [0.1, 0.15) is 0 Å². The van der Waals surface area contributed by atoms with Crippen molar-refractivity contribution in [3.8, 4) is 0 Å². The number of carbonyl (C=O) groups is 1. The average molecular weight is 276 g/mol. The van der Waals surface area contributed by atoms with Gasteiger partial charge in [0.1, 0.15) is 6.54 Å². The Morgan fingerprint density at radius 2 is 1.40 bits per heavy atom. The number of carboxylic acid groups (broad SMARTS) is 1. The third kappa shape index (κ3) is 2.38. The summed E-state index contributed by atoms with van der Waals surface area (Å²) in [5.41, 5.74) is 1.23. The Balaban J connectivity index is 0.00000147. The molecule has 2 aromatic carbocycles. The number of aromatic nitrogens is 1. The summed E-state index contributed by atoms with van der Waals surface area (Å²) in [4.78, 5) is 23.4. The Morgan fingerprint density at radius 1 is 0.950 bits per heavy atom. The van der Waals surface area contributed by atoms with Gasteiger partial charge < -0.3 is 9.67 Å². The van der Waals surface area contributed by atoms with Gasteiger partial charge in [0.2, 0.25) is 0 Å². The van der Waals surface area contributed by atoms with E-state index in [1.54, 1.807) is 53.1 Å². The van der Waals surface area contributed by atoms with E-state index in [2.05, 4.69) is 0 Å². The molecule has 0 saturated heterocycles. The number of fused-ring (bicyclic) bond motifs is 2. The van der Waals surface area contributed by atoms with E-state index >= 15 is 0 Å². The fourth-order valence-corrected chi connectivity index (χ4v) is 2.38. The first-order chi connectivity index (χ1) is 9.18. The second kappa shape index (κ2) is 5.79. The standard InChI is InChI=1S/C15H11NO3.Na/c17-14(18)9-16-12-7-3-1-5-10(12)15(19)11-6-2-4-8-13(11)16;/h1-8H,9H2,(H,17,18);. The van der Waals surface area contributed by atoms with Crippen LogP contribution in [0.5, 0.6) is 0 Å². The maximum Gasteiger partial charge on any atom is 0.323 e. The summed E-state index contributed by atoms with van der Waals surface area (Å²) in [7, 11) is 0. The van der Waals surface area contributed by atoms with Gasteiger partial charge in [0, 0.05) is 40.3 Å². The zero-order valence-electron chi connectivity index (χ0n) is 11.0. The summed E-state index contributed by atoms with van der Waals surface area (Å²) in [5, 5.41) is 10.1. The van der Waals surface area contributed by atoms with Crippen LogP contribution in [-0.2, 0) is 11.3 Å². The van der Waals surface area contributed by atoms with E-state index < -0.39 is 5.97 Å². The molecule has 1 N–H and O–H groups in total. The molecular formula is C15H11NNaO3. The molecule has 20 heavy (non-hydrogen) atoms. The second-order valence-electron chi connectivity index (χ2n) is 4.34. The summed E-state index contributed by atoms with van der Waals surface area (Å²) in [6, 6.07) is 14.2. The number of hydrogen-bond acceptors (Lipinski definition) is 2. The van der Waals surface area contributed by atoms with Crippen molar-refractivity contribution in [2.75, 3.05) is 0 Å². The van der Waals surface area contributed by atoms with Gasteiger partial charge in [-0.05, 0) is 24.3 Å². The fraction of sp³-hybridized carbons (Fsp3) is 0.0667. The predicted molar refractivity (Wildman–Crippen MR) is 79.1 cm³/mol. The molecule has 3 rings (SSSR count). The average Bonchev–Trinajstić information content (AvgIpc) is 2.43. The molecule has 1 heterocycles. The first-order valence-corrected chi connectivity index (χ1v) is 5.90. The maximum atomic E-state index is 12.4. The maximum absolute atomic E-state index is 12.4. The summed E-state index contributed by atoms with van der Waals surface area (Å²) in [6.07, 6.45) is 0. The van der Waals surface area contributed by atoms with E-state index in [0.717, 1.165) is 0 Å². The van der Waals surface area contributed by atoms with Crippen molar-refractivity contribution in [2.24, 2.45) is 0 Å². The topological polar surface area (TPSA) is 59.3 Å². The van der Waals surface area contributed by atoms with Crippen LogP contribution in [0.4, 0.5) is 0 Å². The molecule has 1 aromatic heterocycles. The number of pyridine rings is 1. The van der Waals surface area contributed by atoms with Crippen molar-refractivity contribution in [1.82, 2.24) is 4.57 Å². The summed E-state index contributed by atoms with van der Waals surface area (Å²) in [5.74, 6) is -0.932. The van der Waals surface area contributed by atoms with Crippen molar-refractivity contribution in [1.29, 1.82) is 0 Å². The van der Waals surface area contributed by atoms with Gasteiger partial charge >= 0.3 is 5.97 Å². The van der Waals surface area contributed by atoms with E-state index in [1.165, 1.54) is 0 Å². The molecule has 0 spiro atoms. The van der Waals surface area contributed by atoms with E-state index in [0.29, 0.717) is 21.8 Å². The number of nitrogens with zero attached hydrogens (tertiary/aromatic N) is 1. The third-order valence-electron chi connectivity index (χ3n) is 3.17. The van der Waals surface area contributed by atoms with Crippen LogP contribution in [0.3, 0.4) is 0 Å². The minimum Gasteiger partial charge on any atom is -0.480 e. The number of aliphatic carboxylic acids is 1. The van der Waals surface area contributed by atoms with Crippen molar-refractivity contribution in [3.63, 3.8) is 0 Å². The van der Waals surface area contributed by atoms with E-state index in [9.17, 15) is 9.59 Å². The summed E-state index contributed by atoms with van der Waals surface area (Å²) < 4.78 is 1.66. The van der Waals surface area contributed by atoms with Crippen LogP contribution in [0.2, 0.25) is 0 Å². The summed E-state index contributed by atoms with van der Waals surface area (Å²) >= 11 is 0. The SMILES string of the molecule is O=C(O)Cn1c2ccccc2c(=O)c2ccccc21.[Na]. The predicted octanol–water partition coefficient (Wildman–Crippen LogP) is 1.86. The molecule has 0 bridgehead atoms. The largest absolute Gasteiger partial charge is 0.480 e. The van der Waals surface area contributed by atoms with Gasteiger partial charge in [-0.25, -0.2) is 0 Å². The first kappa shape index (κ1) is 14.8. The van der Waals surface area contributed by atoms with Gasteiger partial charge in [-0.3, -0.25) is 9.59 Å². The van der Waals surface area contributed by atoms with Crippen LogP contribution in [0.25, 0.3) is 21.8 Å². The third-order valence-corrected chi connectivity index (χ3v) is 3.17. The minimum atomic E-state index is -0.932. The van der Waals surface area contributed by atoms with Gasteiger partial charge in [-0.15, -0.1) is 0 Å². The number of para-hydroxylation sites is 2. The molecule has 5 heteroatoms. The molecule has 0 aliphatic heterocycles. The summed E-state index contributed by atoms with van der Waals surface area (Å²) in [6.45, 7) is -0.165. The number of rotatable bonds is 2. The zero-order chi connectivity index (χ0) is 13.4. The Morgan fingerprint density at radius 3 is 1.85 bits per heavy atom. The number of benzene rings is 2. The van der Waals surface area contributed by atoms with Crippen LogP contribution < -0.4 is 5.43 Å². The van der Waals surface area contributed by atoms with Gasteiger partial charge in [0.15, 0.2) is 5.43 Å². The number of hydrogen-bond donors (Lipinski definition) is 1.